The van der Waals surface area contributed by atoms with Crippen molar-refractivity contribution in [1.82, 2.24) is 15.2 Å². The molecule has 4 heterocycles. The number of phenolic OH excluding ortho intramolecular Hbond substituents is 1. The number of rotatable bonds is 7. The zero-order chi connectivity index (χ0) is 26.3. The molecule has 37 heavy (non-hydrogen) atoms. The Labute approximate surface area is 218 Å². The van der Waals surface area contributed by atoms with Gasteiger partial charge in [0.05, 0.1) is 17.1 Å². The number of β-lactam (4-membered cyclic amide) rings is 1. The standard InChI is InChI=1S/C23H20N6O6S2/c1-35-27-16(14-10-37-23(24)25-14)19(31)26-17-20(32)29-18(22(33)34)12(9-36-21(17)29)7-28-6-5-11-3-2-4-15(30)13(11)8-28/h2-6,8,10,17,21H,7,9H2,1H3,(H4,24,25,26,31,33,34)/t17?,21-/m0/s1. The number of pyridine rings is 1. The molecule has 5 rings (SSSR count). The topological polar surface area (TPSA) is 174 Å². The molecule has 1 aromatic carbocycles. The van der Waals surface area contributed by atoms with Crippen LogP contribution in [0.4, 0.5) is 5.13 Å². The number of fused-ring (bicyclic) bond motifs is 2. The van der Waals surface area contributed by atoms with Gasteiger partial charge in [-0.3, -0.25) is 14.5 Å². The number of carbonyl (C=O) groups excluding carboxylic acids is 3. The largest absolute Gasteiger partial charge is 0.543 e. The average Bonchev–Trinajstić information content (AvgIpc) is 3.31. The smallest absolute Gasteiger partial charge is 0.276 e. The number of nitrogens with zero attached hydrogens (tertiary/aromatic N) is 4. The van der Waals surface area contributed by atoms with Gasteiger partial charge in [0.15, 0.2) is 29.8 Å². The summed E-state index contributed by atoms with van der Waals surface area (Å²) in [7, 11) is 1.27. The minimum Gasteiger partial charge on any atom is -0.543 e. The van der Waals surface area contributed by atoms with Gasteiger partial charge in [-0.1, -0.05) is 17.3 Å². The Bertz CT molecular complexity index is 1500. The van der Waals surface area contributed by atoms with Crippen molar-refractivity contribution in [1.29, 1.82) is 0 Å². The van der Waals surface area contributed by atoms with Crippen molar-refractivity contribution < 1.29 is 34.0 Å². The van der Waals surface area contributed by atoms with E-state index in [9.17, 15) is 24.6 Å². The lowest BCUT2D eigenvalue weighted by molar-refractivity contribution is -0.687. The number of nitrogens with two attached hydrogens (primary N) is 1. The van der Waals surface area contributed by atoms with Gasteiger partial charge in [-0.2, -0.15) is 0 Å². The number of nitrogen functional groups attached to an aromatic ring is 1. The second kappa shape index (κ2) is 9.71. The summed E-state index contributed by atoms with van der Waals surface area (Å²) < 4.78 is 1.73. The van der Waals surface area contributed by atoms with Crippen molar-refractivity contribution in [3.8, 4) is 5.75 Å². The molecule has 14 heteroatoms. The van der Waals surface area contributed by atoms with Crippen molar-refractivity contribution in [2.45, 2.75) is 18.0 Å². The molecule has 0 spiro atoms. The summed E-state index contributed by atoms with van der Waals surface area (Å²) in [4.78, 5) is 47.9. The number of aliphatic carboxylic acids is 1. The molecule has 12 nitrogen and oxygen atoms in total. The molecule has 2 aromatic heterocycles. The molecule has 3 aromatic rings. The maximum Gasteiger partial charge on any atom is 0.276 e. The highest BCUT2D eigenvalue weighted by molar-refractivity contribution is 8.00. The molecule has 1 saturated heterocycles. The zero-order valence-corrected chi connectivity index (χ0v) is 20.9. The number of benzene rings is 1. The molecule has 0 saturated carbocycles. The SMILES string of the molecule is CON=C(C(=O)NC1C(=O)N2C(C(=O)[O-])=C(C[n+]3ccc4cccc(O)c4c3)CS[C@@H]12)c1csc(N)n1. The second-order valence-electron chi connectivity index (χ2n) is 8.19. The zero-order valence-electron chi connectivity index (χ0n) is 19.3. The lowest BCUT2D eigenvalue weighted by Gasteiger charge is -2.50. The van der Waals surface area contributed by atoms with Gasteiger partial charge in [-0.05, 0) is 11.5 Å². The van der Waals surface area contributed by atoms with Crippen LogP contribution in [0.15, 0.2) is 58.5 Å². The van der Waals surface area contributed by atoms with Gasteiger partial charge in [-0.25, -0.2) is 9.55 Å². The van der Waals surface area contributed by atoms with E-state index < -0.39 is 29.2 Å². The van der Waals surface area contributed by atoms with Crippen molar-refractivity contribution in [2.75, 3.05) is 18.6 Å². The van der Waals surface area contributed by atoms with Crippen molar-refractivity contribution in [3.63, 3.8) is 0 Å². The number of thioether (sulfide) groups is 1. The summed E-state index contributed by atoms with van der Waals surface area (Å²) in [5, 5.41) is 31.1. The first-order valence-corrected chi connectivity index (χ1v) is 12.8. The first-order chi connectivity index (χ1) is 17.8. The molecular weight excluding hydrogens is 520 g/mol. The summed E-state index contributed by atoms with van der Waals surface area (Å²) >= 11 is 2.44. The van der Waals surface area contributed by atoms with Gasteiger partial charge in [0.2, 0.25) is 0 Å². The molecule has 2 aliphatic rings. The lowest BCUT2D eigenvalue weighted by atomic mass is 10.0. The first-order valence-electron chi connectivity index (χ1n) is 10.9. The number of phenols is 1. The number of aromatic hydroxyl groups is 1. The number of thiazole rings is 1. The van der Waals surface area contributed by atoms with E-state index in [2.05, 4.69) is 15.5 Å². The monoisotopic (exact) mass is 540 g/mol. The average molecular weight is 541 g/mol. The van der Waals surface area contributed by atoms with Crippen LogP contribution in [0.1, 0.15) is 5.69 Å². The number of aromatic nitrogens is 2. The maximum atomic E-state index is 13.0. The van der Waals surface area contributed by atoms with E-state index in [1.165, 1.54) is 24.3 Å². The molecule has 2 aliphatic heterocycles. The third-order valence-corrected chi connectivity index (χ3v) is 7.93. The molecule has 2 atom stereocenters. The summed E-state index contributed by atoms with van der Waals surface area (Å²) in [6.07, 6.45) is 3.48. The van der Waals surface area contributed by atoms with Crippen LogP contribution in [-0.2, 0) is 25.8 Å². The van der Waals surface area contributed by atoms with Crippen LogP contribution in [0.5, 0.6) is 5.75 Å². The third kappa shape index (κ3) is 4.44. The molecule has 1 fully saturated rings. The van der Waals surface area contributed by atoms with E-state index in [-0.39, 0.29) is 40.3 Å². The molecule has 2 amide bonds. The highest BCUT2D eigenvalue weighted by Gasteiger charge is 2.53. The summed E-state index contributed by atoms with van der Waals surface area (Å²) in [5.41, 5.74) is 5.93. The Hall–Kier alpha value is -4.17. The van der Waals surface area contributed by atoms with Crippen LogP contribution in [0.25, 0.3) is 10.8 Å². The van der Waals surface area contributed by atoms with E-state index in [1.54, 1.807) is 29.1 Å². The van der Waals surface area contributed by atoms with Crippen LogP contribution in [0, 0.1) is 0 Å². The Morgan fingerprint density at radius 2 is 2.22 bits per heavy atom. The van der Waals surface area contributed by atoms with E-state index in [4.69, 9.17) is 10.6 Å². The van der Waals surface area contributed by atoms with Crippen LogP contribution in [0.2, 0.25) is 0 Å². The van der Waals surface area contributed by atoms with Crippen LogP contribution >= 0.6 is 23.1 Å². The molecule has 4 N–H and O–H groups in total. The number of amides is 2. The Kier molecular flexibility index (Phi) is 6.43. The fourth-order valence-electron chi connectivity index (χ4n) is 4.26. The van der Waals surface area contributed by atoms with Gasteiger partial charge in [0.25, 0.3) is 11.8 Å². The number of oxime groups is 1. The fourth-order valence-corrected chi connectivity index (χ4v) is 6.14. The minimum atomic E-state index is -1.48. The number of carboxylic acid groups (broad SMARTS) is 1. The number of hydrogen-bond donors (Lipinski definition) is 3. The van der Waals surface area contributed by atoms with E-state index >= 15 is 0 Å². The van der Waals surface area contributed by atoms with Gasteiger partial charge < -0.3 is 30.9 Å². The number of carboxylic acids is 1. The number of carbonyl (C=O) groups is 3. The van der Waals surface area contributed by atoms with Crippen molar-refractivity contribution in [2.24, 2.45) is 5.16 Å². The molecule has 1 unspecified atom stereocenters. The third-order valence-electron chi connectivity index (χ3n) is 5.92. The van der Waals surface area contributed by atoms with Crippen LogP contribution in [-0.4, -0.2) is 62.8 Å². The Morgan fingerprint density at radius 1 is 1.41 bits per heavy atom. The van der Waals surface area contributed by atoms with E-state index in [0.717, 1.165) is 21.6 Å². The normalized spacial score (nSPS) is 19.4. The highest BCUT2D eigenvalue weighted by Crippen LogP contribution is 2.40. The number of anilines is 1. The van der Waals surface area contributed by atoms with Crippen molar-refractivity contribution in [3.05, 3.63) is 59.0 Å². The second-order valence-corrected chi connectivity index (χ2v) is 10.2. The van der Waals surface area contributed by atoms with Gasteiger partial charge in [-0.15, -0.1) is 23.1 Å². The molecule has 0 aliphatic carbocycles. The fraction of sp³-hybridized carbons (Fsp3) is 0.217. The highest BCUT2D eigenvalue weighted by atomic mass is 32.2. The minimum absolute atomic E-state index is 0.104. The lowest BCUT2D eigenvalue weighted by Crippen LogP contribution is -2.71. The predicted octanol–water partition coefficient (Wildman–Crippen LogP) is -0.674. The molecule has 0 radical (unpaired) electrons. The first kappa shape index (κ1) is 24.5. The Morgan fingerprint density at radius 3 is 2.92 bits per heavy atom. The predicted molar refractivity (Wildman–Crippen MR) is 133 cm³/mol. The molecular formula is C23H20N6O6S2. The summed E-state index contributed by atoms with van der Waals surface area (Å²) in [6, 6.07) is 5.99. The van der Waals surface area contributed by atoms with Crippen LogP contribution < -0.4 is 20.7 Å². The van der Waals surface area contributed by atoms with Gasteiger partial charge in [0, 0.05) is 22.8 Å². The van der Waals surface area contributed by atoms with Crippen molar-refractivity contribution >= 4 is 62.5 Å². The Balaban J connectivity index is 1.37. The summed E-state index contributed by atoms with van der Waals surface area (Å²) in [5.74, 6) is -2.38. The summed E-state index contributed by atoms with van der Waals surface area (Å²) in [6.45, 7) is 0.171. The van der Waals surface area contributed by atoms with Crippen LogP contribution in [0.3, 0.4) is 0 Å². The quantitative estimate of drug-likeness (QED) is 0.152. The maximum absolute atomic E-state index is 13.0. The molecule has 0 bridgehead atoms. The molecule has 190 valence electrons. The number of nitrogens with one attached hydrogen (secondary N) is 1. The van der Waals surface area contributed by atoms with Gasteiger partial charge in [0.1, 0.15) is 30.0 Å². The van der Waals surface area contributed by atoms with Gasteiger partial charge >= 0.3 is 0 Å². The van der Waals surface area contributed by atoms with E-state index in [0.29, 0.717) is 11.0 Å². The van der Waals surface area contributed by atoms with E-state index in [1.807, 2.05) is 12.1 Å². The number of hydrogen-bond acceptors (Lipinski definition) is 11.